The first-order valence-corrected chi connectivity index (χ1v) is 11.1. The van der Waals surface area contributed by atoms with Crippen LogP contribution in [0.3, 0.4) is 0 Å². The molecule has 0 saturated carbocycles. The molecule has 5 rings (SSSR count). The Bertz CT molecular complexity index is 1140. The first kappa shape index (κ1) is 20.9. The zero-order valence-corrected chi connectivity index (χ0v) is 18.2. The molecule has 2 aliphatic rings. The number of amides is 2. The van der Waals surface area contributed by atoms with Gasteiger partial charge < -0.3 is 19.9 Å². The van der Waals surface area contributed by atoms with Gasteiger partial charge in [-0.1, -0.05) is 36.4 Å². The summed E-state index contributed by atoms with van der Waals surface area (Å²) in [4.78, 5) is 37.5. The van der Waals surface area contributed by atoms with Crippen LogP contribution in [0.15, 0.2) is 73.1 Å². The topological polar surface area (TPSA) is 87.7 Å². The third kappa shape index (κ3) is 4.64. The van der Waals surface area contributed by atoms with Gasteiger partial charge in [0.2, 0.25) is 5.95 Å². The Kier molecular flexibility index (Phi) is 5.64. The van der Waals surface area contributed by atoms with E-state index in [-0.39, 0.29) is 12.0 Å². The maximum Gasteiger partial charge on any atom is 0.410 e. The number of carbonyl (C=O) groups is 2. The summed E-state index contributed by atoms with van der Waals surface area (Å²) >= 11 is 0. The van der Waals surface area contributed by atoms with E-state index in [1.165, 1.54) is 5.56 Å². The number of aromatic nitrogens is 2. The predicted molar refractivity (Wildman–Crippen MR) is 123 cm³/mol. The van der Waals surface area contributed by atoms with E-state index in [1.54, 1.807) is 40.4 Å². The third-order valence-electron chi connectivity index (χ3n) is 6.09. The Morgan fingerprint density at radius 1 is 1.03 bits per heavy atom. The van der Waals surface area contributed by atoms with Crippen LogP contribution in [-0.2, 0) is 11.2 Å². The molecule has 3 aromatic rings. The lowest BCUT2D eigenvalue weighted by atomic mass is 10.0. The van der Waals surface area contributed by atoms with Crippen molar-refractivity contribution in [2.24, 2.45) is 0 Å². The van der Waals surface area contributed by atoms with Crippen molar-refractivity contribution < 1.29 is 14.3 Å². The average molecular weight is 444 g/mol. The van der Waals surface area contributed by atoms with E-state index in [2.05, 4.69) is 27.4 Å². The normalized spacial score (nSPS) is 19.7. The first-order chi connectivity index (χ1) is 16.1. The summed E-state index contributed by atoms with van der Waals surface area (Å²) in [7, 11) is 0. The fraction of sp³-hybridized carbons (Fsp3) is 0.280. The molecule has 0 aliphatic carbocycles. The number of nitrogens with one attached hydrogen (secondary N) is 1. The predicted octanol–water partition coefficient (Wildman–Crippen LogP) is 3.50. The fourth-order valence-electron chi connectivity index (χ4n) is 4.41. The number of carbonyl (C=O) groups excluding carboxylic acids is 2. The number of ether oxygens (including phenoxy) is 1. The highest BCUT2D eigenvalue weighted by molar-refractivity contribution is 5.95. The van der Waals surface area contributed by atoms with Crippen molar-refractivity contribution in [1.29, 1.82) is 0 Å². The van der Waals surface area contributed by atoms with Gasteiger partial charge in [-0.15, -0.1) is 0 Å². The second-order valence-electron chi connectivity index (χ2n) is 8.46. The van der Waals surface area contributed by atoms with Crippen LogP contribution in [0, 0.1) is 0 Å². The molecule has 1 spiro atoms. The van der Waals surface area contributed by atoms with Crippen molar-refractivity contribution in [2.45, 2.75) is 18.4 Å². The molecular formula is C25H25N5O3. The number of benzene rings is 2. The van der Waals surface area contributed by atoms with Crippen molar-refractivity contribution in [2.75, 3.05) is 31.5 Å². The van der Waals surface area contributed by atoms with Gasteiger partial charge in [0.15, 0.2) is 5.60 Å². The number of nitrogens with zero attached hydrogens (tertiary/aromatic N) is 4. The number of hydrogen-bond acceptors (Lipinski definition) is 6. The highest BCUT2D eigenvalue weighted by atomic mass is 16.6. The number of likely N-dealkylation sites (tertiary alicyclic amines) is 1. The quantitative estimate of drug-likeness (QED) is 0.627. The van der Waals surface area contributed by atoms with E-state index in [4.69, 9.17) is 4.74 Å². The SMILES string of the molecule is O=C1OC2(CCN(C(=O)c3cccc(Nc4ncccn4)c3)C2)CN1CCc1ccccc1. The van der Waals surface area contributed by atoms with Crippen molar-refractivity contribution >= 4 is 23.6 Å². The highest BCUT2D eigenvalue weighted by Gasteiger charge is 2.50. The lowest BCUT2D eigenvalue weighted by molar-refractivity contribution is 0.0553. The van der Waals surface area contributed by atoms with Gasteiger partial charge >= 0.3 is 6.09 Å². The molecule has 2 aromatic carbocycles. The maximum atomic E-state index is 13.2. The van der Waals surface area contributed by atoms with Gasteiger partial charge in [-0.25, -0.2) is 14.8 Å². The van der Waals surface area contributed by atoms with Gasteiger partial charge in [0, 0.05) is 43.2 Å². The van der Waals surface area contributed by atoms with Crippen LogP contribution in [0.1, 0.15) is 22.3 Å². The van der Waals surface area contributed by atoms with Gasteiger partial charge in [0.05, 0.1) is 13.1 Å². The van der Waals surface area contributed by atoms with E-state index in [0.717, 1.165) is 12.1 Å². The minimum Gasteiger partial charge on any atom is -0.439 e. The molecule has 0 bridgehead atoms. The fourth-order valence-corrected chi connectivity index (χ4v) is 4.41. The summed E-state index contributed by atoms with van der Waals surface area (Å²) < 4.78 is 5.79. The van der Waals surface area contributed by atoms with Crippen molar-refractivity contribution in [3.05, 3.63) is 84.2 Å². The lowest BCUT2D eigenvalue weighted by Crippen LogP contribution is -2.39. The summed E-state index contributed by atoms with van der Waals surface area (Å²) in [5.74, 6) is 0.388. The molecule has 3 heterocycles. The molecule has 1 atom stereocenters. The summed E-state index contributed by atoms with van der Waals surface area (Å²) in [6, 6.07) is 19.1. The van der Waals surface area contributed by atoms with E-state index < -0.39 is 5.60 Å². The van der Waals surface area contributed by atoms with E-state index in [9.17, 15) is 9.59 Å². The zero-order valence-electron chi connectivity index (χ0n) is 18.2. The maximum absolute atomic E-state index is 13.2. The van der Waals surface area contributed by atoms with Gasteiger partial charge in [0.25, 0.3) is 5.91 Å². The van der Waals surface area contributed by atoms with E-state index >= 15 is 0 Å². The average Bonchev–Trinajstić information content (AvgIpc) is 3.40. The van der Waals surface area contributed by atoms with E-state index in [1.807, 2.05) is 30.3 Å². The van der Waals surface area contributed by atoms with Gasteiger partial charge in [-0.2, -0.15) is 0 Å². The van der Waals surface area contributed by atoms with Crippen LogP contribution in [0.5, 0.6) is 0 Å². The van der Waals surface area contributed by atoms with Gasteiger partial charge in [-0.3, -0.25) is 4.79 Å². The molecule has 2 saturated heterocycles. The molecule has 2 amide bonds. The molecule has 2 aliphatic heterocycles. The Hall–Kier alpha value is -3.94. The van der Waals surface area contributed by atoms with Crippen molar-refractivity contribution in [1.82, 2.24) is 19.8 Å². The molecule has 0 radical (unpaired) electrons. The first-order valence-electron chi connectivity index (χ1n) is 11.1. The van der Waals surface area contributed by atoms with Crippen LogP contribution in [0.2, 0.25) is 0 Å². The van der Waals surface area contributed by atoms with Crippen LogP contribution < -0.4 is 5.32 Å². The molecular weight excluding hydrogens is 418 g/mol. The van der Waals surface area contributed by atoms with Crippen LogP contribution >= 0.6 is 0 Å². The Labute approximate surface area is 192 Å². The zero-order chi connectivity index (χ0) is 22.7. The number of hydrogen-bond donors (Lipinski definition) is 1. The number of anilines is 2. The molecule has 33 heavy (non-hydrogen) atoms. The molecule has 1 aromatic heterocycles. The lowest BCUT2D eigenvalue weighted by Gasteiger charge is -2.22. The van der Waals surface area contributed by atoms with Crippen LogP contribution in [0.25, 0.3) is 0 Å². The van der Waals surface area contributed by atoms with Crippen LogP contribution in [-0.4, -0.2) is 63.5 Å². The molecule has 8 heteroatoms. The van der Waals surface area contributed by atoms with Gasteiger partial charge in [0.1, 0.15) is 0 Å². The Balaban J connectivity index is 1.21. The second kappa shape index (κ2) is 8.90. The minimum absolute atomic E-state index is 0.0803. The summed E-state index contributed by atoms with van der Waals surface area (Å²) in [6.45, 7) is 2.07. The summed E-state index contributed by atoms with van der Waals surface area (Å²) in [5, 5.41) is 3.11. The molecule has 8 nitrogen and oxygen atoms in total. The molecule has 2 fully saturated rings. The number of rotatable bonds is 6. The van der Waals surface area contributed by atoms with Crippen molar-refractivity contribution in [3.8, 4) is 0 Å². The van der Waals surface area contributed by atoms with Crippen molar-refractivity contribution in [3.63, 3.8) is 0 Å². The highest BCUT2D eigenvalue weighted by Crippen LogP contribution is 2.33. The minimum atomic E-state index is -0.628. The smallest absolute Gasteiger partial charge is 0.410 e. The monoisotopic (exact) mass is 443 g/mol. The molecule has 168 valence electrons. The van der Waals surface area contributed by atoms with E-state index in [0.29, 0.717) is 44.1 Å². The molecule has 1 unspecified atom stereocenters. The Morgan fingerprint density at radius 2 is 1.85 bits per heavy atom. The summed E-state index contributed by atoms with van der Waals surface area (Å²) in [6.07, 6.45) is 4.43. The van der Waals surface area contributed by atoms with Crippen LogP contribution in [0.4, 0.5) is 16.4 Å². The largest absolute Gasteiger partial charge is 0.439 e. The molecule has 1 N–H and O–H groups in total. The third-order valence-corrected chi connectivity index (χ3v) is 6.09. The Morgan fingerprint density at radius 3 is 2.67 bits per heavy atom. The standard InChI is InChI=1S/C25H25N5O3/c31-22(20-8-4-9-21(16-20)28-23-26-12-5-13-27-23)29-15-11-25(17-29)18-30(24(32)33-25)14-10-19-6-2-1-3-7-19/h1-9,12-13,16H,10-11,14-15,17-18H2,(H,26,27,28). The van der Waals surface area contributed by atoms with Gasteiger partial charge in [-0.05, 0) is 36.2 Å². The summed E-state index contributed by atoms with van der Waals surface area (Å²) in [5.41, 5.74) is 1.86. The second-order valence-corrected chi connectivity index (χ2v) is 8.46.